The highest BCUT2D eigenvalue weighted by Gasteiger charge is 2.30. The molecular formula is C17H17BrFNO3S. The Kier molecular flexibility index (Phi) is 5.77. The second-order valence-electron chi connectivity index (χ2n) is 5.42. The number of carbonyl (C=O) groups is 1. The van der Waals surface area contributed by atoms with Gasteiger partial charge in [0, 0.05) is 4.47 Å². The maximum absolute atomic E-state index is 12.9. The average molecular weight is 414 g/mol. The summed E-state index contributed by atoms with van der Waals surface area (Å²) in [5.74, 6) is -1.13. The van der Waals surface area contributed by atoms with E-state index in [0.717, 1.165) is 34.3 Å². The van der Waals surface area contributed by atoms with Crippen molar-refractivity contribution in [2.24, 2.45) is 0 Å². The Morgan fingerprint density at radius 2 is 1.58 bits per heavy atom. The average Bonchev–Trinajstić information content (AvgIpc) is 2.55. The van der Waals surface area contributed by atoms with Crippen LogP contribution in [0.5, 0.6) is 0 Å². The summed E-state index contributed by atoms with van der Waals surface area (Å²) in [5, 5.41) is 1.42. The van der Waals surface area contributed by atoms with Crippen molar-refractivity contribution >= 4 is 31.7 Å². The second-order valence-corrected chi connectivity index (χ2v) is 8.61. The van der Waals surface area contributed by atoms with Crippen molar-refractivity contribution in [1.29, 1.82) is 0 Å². The van der Waals surface area contributed by atoms with Crippen molar-refractivity contribution in [2.75, 3.05) is 0 Å². The molecular weight excluding hydrogens is 397 g/mol. The zero-order valence-electron chi connectivity index (χ0n) is 13.2. The number of rotatable bonds is 5. The van der Waals surface area contributed by atoms with Gasteiger partial charge in [0.15, 0.2) is 9.84 Å². The zero-order chi connectivity index (χ0) is 17.9. The van der Waals surface area contributed by atoms with E-state index in [1.165, 1.54) is 6.92 Å². The monoisotopic (exact) mass is 413 g/mol. The van der Waals surface area contributed by atoms with E-state index in [0.29, 0.717) is 0 Å². The highest BCUT2D eigenvalue weighted by molar-refractivity contribution is 9.10. The van der Waals surface area contributed by atoms with E-state index in [1.54, 1.807) is 6.92 Å². The summed E-state index contributed by atoms with van der Waals surface area (Å²) in [6.07, 6.45) is 0. The normalized spacial score (nSPS) is 14.0. The van der Waals surface area contributed by atoms with E-state index < -0.39 is 26.8 Å². The van der Waals surface area contributed by atoms with Gasteiger partial charge in [-0.1, -0.05) is 28.1 Å². The van der Waals surface area contributed by atoms with Crippen LogP contribution in [-0.2, 0) is 14.6 Å². The molecule has 1 N–H and O–H groups in total. The first kappa shape index (κ1) is 18.6. The number of sulfone groups is 1. The van der Waals surface area contributed by atoms with E-state index in [9.17, 15) is 17.6 Å². The van der Waals surface area contributed by atoms with E-state index in [2.05, 4.69) is 21.2 Å². The van der Waals surface area contributed by atoms with Gasteiger partial charge < -0.3 is 5.32 Å². The predicted molar refractivity (Wildman–Crippen MR) is 93.7 cm³/mol. The summed E-state index contributed by atoms with van der Waals surface area (Å²) in [6.45, 7) is 3.10. The van der Waals surface area contributed by atoms with Gasteiger partial charge in [0.2, 0.25) is 5.91 Å². The molecule has 24 heavy (non-hydrogen) atoms. The lowest BCUT2D eigenvalue weighted by Crippen LogP contribution is -2.39. The highest BCUT2D eigenvalue weighted by atomic mass is 79.9. The first-order chi connectivity index (χ1) is 11.2. The van der Waals surface area contributed by atoms with Crippen molar-refractivity contribution in [3.05, 3.63) is 64.4 Å². The molecule has 4 nitrogen and oxygen atoms in total. The van der Waals surface area contributed by atoms with Crippen molar-refractivity contribution in [3.63, 3.8) is 0 Å². The quantitative estimate of drug-likeness (QED) is 0.761. The number of nitrogens with one attached hydrogen (secondary N) is 1. The molecule has 0 aliphatic heterocycles. The Bertz CT molecular complexity index is 820. The van der Waals surface area contributed by atoms with E-state index in [1.807, 2.05) is 24.3 Å². The summed E-state index contributed by atoms with van der Waals surface area (Å²) < 4.78 is 38.8. The molecule has 0 aliphatic rings. The van der Waals surface area contributed by atoms with Crippen molar-refractivity contribution < 1.29 is 17.6 Å². The topological polar surface area (TPSA) is 63.2 Å². The number of amides is 1. The highest BCUT2D eigenvalue weighted by Crippen LogP contribution is 2.19. The third kappa shape index (κ3) is 4.21. The van der Waals surface area contributed by atoms with Crippen LogP contribution in [-0.4, -0.2) is 19.6 Å². The molecule has 2 atom stereocenters. The van der Waals surface area contributed by atoms with Crippen LogP contribution in [0.15, 0.2) is 57.9 Å². The summed E-state index contributed by atoms with van der Waals surface area (Å²) in [6, 6.07) is 11.5. The number of hydrogen-bond acceptors (Lipinski definition) is 3. The van der Waals surface area contributed by atoms with Crippen molar-refractivity contribution in [1.82, 2.24) is 5.32 Å². The van der Waals surface area contributed by atoms with Gasteiger partial charge in [-0.25, -0.2) is 12.8 Å². The fourth-order valence-electron chi connectivity index (χ4n) is 2.13. The minimum atomic E-state index is -3.88. The lowest BCUT2D eigenvalue weighted by atomic mass is 10.1. The van der Waals surface area contributed by atoms with Crippen LogP contribution in [0.1, 0.15) is 25.5 Å². The molecule has 1 amide bonds. The SMILES string of the molecule is CC(NC(=O)C(C)S(=O)(=O)c1ccc(F)cc1)c1ccc(Br)cc1. The Hall–Kier alpha value is -1.73. The predicted octanol–water partition coefficient (Wildman–Crippen LogP) is 3.63. The van der Waals surface area contributed by atoms with Crippen LogP contribution < -0.4 is 5.32 Å². The Labute approximate surface area is 149 Å². The molecule has 0 spiro atoms. The molecule has 0 saturated carbocycles. The third-order valence-corrected chi connectivity index (χ3v) is 6.31. The van der Waals surface area contributed by atoms with Crippen LogP contribution in [0.4, 0.5) is 4.39 Å². The maximum atomic E-state index is 12.9. The molecule has 7 heteroatoms. The summed E-state index contributed by atoms with van der Waals surface area (Å²) >= 11 is 3.33. The zero-order valence-corrected chi connectivity index (χ0v) is 15.6. The van der Waals surface area contributed by atoms with E-state index in [4.69, 9.17) is 0 Å². The van der Waals surface area contributed by atoms with Crippen molar-refractivity contribution in [3.8, 4) is 0 Å². The Morgan fingerprint density at radius 1 is 1.04 bits per heavy atom. The molecule has 2 unspecified atom stereocenters. The van der Waals surface area contributed by atoms with Crippen molar-refractivity contribution in [2.45, 2.75) is 30.0 Å². The van der Waals surface area contributed by atoms with Gasteiger partial charge in [0.25, 0.3) is 0 Å². The minimum Gasteiger partial charge on any atom is -0.348 e. The van der Waals surface area contributed by atoms with Crippen LogP contribution in [0, 0.1) is 5.82 Å². The standard InChI is InChI=1S/C17H17BrFNO3S/c1-11(13-3-5-14(18)6-4-13)20-17(21)12(2)24(22,23)16-9-7-15(19)8-10-16/h3-12H,1-2H3,(H,20,21). The third-order valence-electron chi connectivity index (χ3n) is 3.71. The molecule has 0 fully saturated rings. The largest absolute Gasteiger partial charge is 0.348 e. The van der Waals surface area contributed by atoms with Gasteiger partial charge in [-0.3, -0.25) is 4.79 Å². The van der Waals surface area contributed by atoms with Gasteiger partial charge in [0.05, 0.1) is 10.9 Å². The maximum Gasteiger partial charge on any atom is 0.238 e. The molecule has 2 aromatic carbocycles. The Balaban J connectivity index is 2.13. The molecule has 0 heterocycles. The molecule has 0 aliphatic carbocycles. The number of hydrogen-bond donors (Lipinski definition) is 1. The number of halogens is 2. The van der Waals surface area contributed by atoms with E-state index in [-0.39, 0.29) is 10.9 Å². The van der Waals surface area contributed by atoms with Crippen LogP contribution in [0.3, 0.4) is 0 Å². The number of carbonyl (C=O) groups excluding carboxylic acids is 1. The fourth-order valence-corrected chi connectivity index (χ4v) is 3.67. The lowest BCUT2D eigenvalue weighted by Gasteiger charge is -2.18. The van der Waals surface area contributed by atoms with Gasteiger partial charge in [-0.15, -0.1) is 0 Å². The van der Waals surface area contributed by atoms with Crippen LogP contribution >= 0.6 is 15.9 Å². The molecule has 0 radical (unpaired) electrons. The van der Waals surface area contributed by atoms with Gasteiger partial charge >= 0.3 is 0 Å². The molecule has 0 aromatic heterocycles. The molecule has 0 saturated heterocycles. The molecule has 128 valence electrons. The lowest BCUT2D eigenvalue weighted by molar-refractivity contribution is -0.121. The molecule has 2 rings (SSSR count). The van der Waals surface area contributed by atoms with Gasteiger partial charge in [-0.2, -0.15) is 0 Å². The smallest absolute Gasteiger partial charge is 0.238 e. The summed E-state index contributed by atoms with van der Waals surface area (Å²) in [5.41, 5.74) is 0.859. The molecule has 2 aromatic rings. The fraction of sp³-hybridized carbons (Fsp3) is 0.235. The number of benzene rings is 2. The van der Waals surface area contributed by atoms with Crippen LogP contribution in [0.25, 0.3) is 0 Å². The summed E-state index contributed by atoms with van der Waals surface area (Å²) in [7, 11) is -3.88. The Morgan fingerprint density at radius 3 is 2.12 bits per heavy atom. The van der Waals surface area contributed by atoms with Gasteiger partial charge in [-0.05, 0) is 55.8 Å². The second kappa shape index (κ2) is 7.44. The summed E-state index contributed by atoms with van der Waals surface area (Å²) in [4.78, 5) is 12.2. The van der Waals surface area contributed by atoms with Gasteiger partial charge in [0.1, 0.15) is 11.1 Å². The first-order valence-corrected chi connectivity index (χ1v) is 9.61. The molecule has 0 bridgehead atoms. The first-order valence-electron chi connectivity index (χ1n) is 7.27. The minimum absolute atomic E-state index is 0.0807. The van der Waals surface area contributed by atoms with E-state index >= 15 is 0 Å². The van der Waals surface area contributed by atoms with Crippen LogP contribution in [0.2, 0.25) is 0 Å².